The molecule has 0 saturated heterocycles. The molecule has 0 radical (unpaired) electrons. The second-order valence-electron chi connectivity index (χ2n) is 5.47. The molecule has 0 bridgehead atoms. The topological polar surface area (TPSA) is 38.9 Å². The Balaban J connectivity index is 2.13. The highest BCUT2D eigenvalue weighted by molar-refractivity contribution is 9.12. The van der Waals surface area contributed by atoms with Gasteiger partial charge in [0.25, 0.3) is 0 Å². The molecular weight excluding hydrogens is 408 g/mol. The summed E-state index contributed by atoms with van der Waals surface area (Å²) in [5.74, 6) is 0. The first-order valence-electron chi connectivity index (χ1n) is 5.92. The predicted molar refractivity (Wildman–Crippen MR) is 91.2 cm³/mol. The molecule has 0 aliphatic carbocycles. The molecule has 2 aromatic rings. The monoisotopic (exact) mass is 422 g/mol. The smallest absolute Gasteiger partial charge is 0.0947 e. The van der Waals surface area contributed by atoms with E-state index in [0.29, 0.717) is 0 Å². The Labute approximate surface area is 138 Å². The molecule has 0 aliphatic heterocycles. The zero-order valence-corrected chi connectivity index (χ0v) is 15.8. The van der Waals surface area contributed by atoms with Crippen LogP contribution in [0.4, 0.5) is 0 Å². The fraction of sp³-hybridized carbons (Fsp3) is 0.462. The third-order valence-electron chi connectivity index (χ3n) is 2.80. The van der Waals surface area contributed by atoms with Crippen LogP contribution in [0.25, 0.3) is 0 Å². The highest BCUT2D eigenvalue weighted by Crippen LogP contribution is 2.36. The van der Waals surface area contributed by atoms with Gasteiger partial charge in [-0.05, 0) is 43.5 Å². The minimum absolute atomic E-state index is 0.0177. The van der Waals surface area contributed by atoms with Crippen LogP contribution in [0.3, 0.4) is 0 Å². The Morgan fingerprint density at radius 3 is 2.53 bits per heavy atom. The number of nitrogens with zero attached hydrogens (tertiary/aromatic N) is 1. The van der Waals surface area contributed by atoms with E-state index < -0.39 is 0 Å². The third-order valence-corrected chi connectivity index (χ3v) is 6.05. The molecule has 2 heterocycles. The van der Waals surface area contributed by atoms with Crippen molar-refractivity contribution in [2.24, 2.45) is 5.73 Å². The third kappa shape index (κ3) is 3.88. The maximum absolute atomic E-state index is 6.28. The molecule has 2 N–H and O–H groups in total. The van der Waals surface area contributed by atoms with Crippen molar-refractivity contribution in [1.29, 1.82) is 0 Å². The van der Waals surface area contributed by atoms with Crippen molar-refractivity contribution >= 4 is 54.5 Å². The molecule has 0 fully saturated rings. The molecule has 1 atom stereocenters. The van der Waals surface area contributed by atoms with E-state index in [0.717, 1.165) is 30.3 Å². The summed E-state index contributed by atoms with van der Waals surface area (Å²) in [5.41, 5.74) is 8.67. The van der Waals surface area contributed by atoms with E-state index in [1.54, 1.807) is 22.7 Å². The first-order valence-corrected chi connectivity index (χ1v) is 9.21. The lowest BCUT2D eigenvalue weighted by molar-refractivity contribution is 0.569. The molecule has 19 heavy (non-hydrogen) atoms. The molecule has 0 saturated carbocycles. The van der Waals surface area contributed by atoms with Crippen molar-refractivity contribution in [2.75, 3.05) is 0 Å². The number of hydrogen-bond donors (Lipinski definition) is 1. The minimum Gasteiger partial charge on any atom is -0.324 e. The Kier molecular flexibility index (Phi) is 4.88. The van der Waals surface area contributed by atoms with Crippen LogP contribution in [-0.4, -0.2) is 4.98 Å². The quantitative estimate of drug-likeness (QED) is 0.730. The Morgan fingerprint density at radius 2 is 2.05 bits per heavy atom. The fourth-order valence-corrected chi connectivity index (χ4v) is 5.73. The van der Waals surface area contributed by atoms with Gasteiger partial charge >= 0.3 is 0 Å². The average molecular weight is 424 g/mol. The van der Waals surface area contributed by atoms with E-state index in [9.17, 15) is 0 Å². The largest absolute Gasteiger partial charge is 0.324 e. The van der Waals surface area contributed by atoms with Gasteiger partial charge in [0.05, 0.1) is 18.3 Å². The Hall–Kier alpha value is 0.250. The van der Waals surface area contributed by atoms with E-state index >= 15 is 0 Å². The Bertz CT molecular complexity index is 569. The van der Waals surface area contributed by atoms with Gasteiger partial charge < -0.3 is 5.73 Å². The van der Waals surface area contributed by atoms with Crippen LogP contribution in [0.1, 0.15) is 43.1 Å². The first-order chi connectivity index (χ1) is 8.77. The highest BCUT2D eigenvalue weighted by Gasteiger charge is 2.20. The van der Waals surface area contributed by atoms with Crippen LogP contribution in [0, 0.1) is 0 Å². The van der Waals surface area contributed by atoms with Gasteiger partial charge in [-0.1, -0.05) is 20.8 Å². The van der Waals surface area contributed by atoms with Crippen LogP contribution in [0.5, 0.6) is 0 Å². The number of nitrogens with two attached hydrogens (primary N) is 1. The summed E-state index contributed by atoms with van der Waals surface area (Å²) in [7, 11) is 0. The van der Waals surface area contributed by atoms with E-state index in [-0.39, 0.29) is 11.5 Å². The molecule has 0 amide bonds. The zero-order chi connectivity index (χ0) is 14.2. The SMILES string of the molecule is CC(C)(C)c1csc(CC(N)c2cc(Br)sc2Br)n1. The van der Waals surface area contributed by atoms with Crippen LogP contribution < -0.4 is 5.73 Å². The summed E-state index contributed by atoms with van der Waals surface area (Å²) in [6.07, 6.45) is 0.780. The summed E-state index contributed by atoms with van der Waals surface area (Å²) in [4.78, 5) is 4.70. The van der Waals surface area contributed by atoms with Gasteiger partial charge in [0.2, 0.25) is 0 Å². The lowest BCUT2D eigenvalue weighted by atomic mass is 9.93. The summed E-state index contributed by atoms with van der Waals surface area (Å²) in [6, 6.07) is 2.06. The van der Waals surface area contributed by atoms with Gasteiger partial charge in [-0.25, -0.2) is 4.98 Å². The normalized spacial score (nSPS) is 13.8. The van der Waals surface area contributed by atoms with Gasteiger partial charge in [-0.3, -0.25) is 0 Å². The number of thiophene rings is 1. The van der Waals surface area contributed by atoms with Crippen LogP contribution in [0.15, 0.2) is 19.0 Å². The van der Waals surface area contributed by atoms with E-state index in [4.69, 9.17) is 10.7 Å². The summed E-state index contributed by atoms with van der Waals surface area (Å²) >= 11 is 10.4. The lowest BCUT2D eigenvalue weighted by Crippen LogP contribution is -2.14. The van der Waals surface area contributed by atoms with E-state index in [2.05, 4.69) is 64.1 Å². The maximum Gasteiger partial charge on any atom is 0.0947 e. The molecule has 2 rings (SSSR count). The standard InChI is InChI=1S/C13H16Br2N2S2/c1-13(2,3)9-6-18-11(17-9)5-8(16)7-4-10(14)19-12(7)15/h4,6,8H,5,16H2,1-3H3. The van der Waals surface area contributed by atoms with Crippen molar-refractivity contribution < 1.29 is 0 Å². The van der Waals surface area contributed by atoms with Gasteiger partial charge in [0, 0.05) is 23.3 Å². The summed E-state index contributed by atoms with van der Waals surface area (Å²) in [6.45, 7) is 6.54. The van der Waals surface area contributed by atoms with Gasteiger partial charge in [0.1, 0.15) is 0 Å². The second kappa shape index (κ2) is 5.93. The molecule has 2 nitrogen and oxygen atoms in total. The average Bonchev–Trinajstić information content (AvgIpc) is 2.84. The number of rotatable bonds is 3. The number of aromatic nitrogens is 1. The molecule has 6 heteroatoms. The fourth-order valence-electron chi connectivity index (χ4n) is 1.65. The van der Waals surface area contributed by atoms with E-state index in [1.165, 1.54) is 0 Å². The van der Waals surface area contributed by atoms with Crippen molar-refractivity contribution in [3.63, 3.8) is 0 Å². The van der Waals surface area contributed by atoms with Crippen LogP contribution >= 0.6 is 54.5 Å². The van der Waals surface area contributed by atoms with Crippen LogP contribution in [-0.2, 0) is 11.8 Å². The van der Waals surface area contributed by atoms with Gasteiger partial charge in [0.15, 0.2) is 0 Å². The maximum atomic E-state index is 6.28. The molecule has 104 valence electrons. The molecule has 0 aromatic carbocycles. The van der Waals surface area contributed by atoms with Gasteiger partial charge in [-0.15, -0.1) is 22.7 Å². The molecule has 2 aromatic heterocycles. The minimum atomic E-state index is -0.0177. The zero-order valence-electron chi connectivity index (χ0n) is 11.0. The predicted octanol–water partition coefficient (Wildman–Crippen LogP) is 5.27. The first kappa shape index (κ1) is 15.6. The van der Waals surface area contributed by atoms with Gasteiger partial charge in [-0.2, -0.15) is 0 Å². The molecule has 0 spiro atoms. The second-order valence-corrected chi connectivity index (χ2v) is 10.2. The highest BCUT2D eigenvalue weighted by atomic mass is 79.9. The number of thiazole rings is 1. The Morgan fingerprint density at radius 1 is 1.37 bits per heavy atom. The number of halogens is 2. The molecule has 1 unspecified atom stereocenters. The number of hydrogen-bond acceptors (Lipinski definition) is 4. The van der Waals surface area contributed by atoms with Crippen molar-refractivity contribution in [1.82, 2.24) is 4.98 Å². The van der Waals surface area contributed by atoms with E-state index in [1.807, 2.05) is 0 Å². The summed E-state index contributed by atoms with van der Waals surface area (Å²) in [5, 5.41) is 3.24. The summed E-state index contributed by atoms with van der Waals surface area (Å²) < 4.78 is 2.19. The molecular formula is C13H16Br2N2S2. The molecule has 0 aliphatic rings. The van der Waals surface area contributed by atoms with Crippen LogP contribution in [0.2, 0.25) is 0 Å². The van der Waals surface area contributed by atoms with Crippen molar-refractivity contribution in [3.8, 4) is 0 Å². The van der Waals surface area contributed by atoms with Crippen molar-refractivity contribution in [2.45, 2.75) is 38.6 Å². The lowest BCUT2D eigenvalue weighted by Gasteiger charge is -2.14. The van der Waals surface area contributed by atoms with Crippen molar-refractivity contribution in [3.05, 3.63) is 35.3 Å².